The summed E-state index contributed by atoms with van der Waals surface area (Å²) in [7, 11) is 0.407. The van der Waals surface area contributed by atoms with Gasteiger partial charge in [-0.05, 0) is 31.0 Å². The normalized spacial score (nSPS) is 11.4. The van der Waals surface area contributed by atoms with Crippen molar-refractivity contribution in [3.05, 3.63) is 23.2 Å². The van der Waals surface area contributed by atoms with E-state index in [4.69, 9.17) is 23.2 Å². The molecule has 4 nitrogen and oxygen atoms in total. The summed E-state index contributed by atoms with van der Waals surface area (Å²) in [6.07, 6.45) is 1.23. The summed E-state index contributed by atoms with van der Waals surface area (Å²) in [6.45, 7) is 0. The number of anilines is 2. The topological polar surface area (TPSA) is 49.4 Å². The number of alkyl halides is 1. The van der Waals surface area contributed by atoms with Crippen molar-refractivity contribution in [2.75, 3.05) is 35.4 Å². The molecule has 0 fully saturated rings. The Kier molecular flexibility index (Phi) is 6.23. The Hall–Kier alpha value is -0.650. The molecule has 0 aliphatic rings. The maximum Gasteiger partial charge on any atom is 0.232 e. The van der Waals surface area contributed by atoms with Crippen LogP contribution < -0.4 is 9.62 Å². The van der Waals surface area contributed by atoms with Crippen LogP contribution in [0, 0.1) is 0 Å². The maximum absolute atomic E-state index is 11.8. The molecule has 0 spiro atoms. The van der Waals surface area contributed by atoms with Crippen LogP contribution in [-0.4, -0.2) is 34.1 Å². The molecule has 108 valence electrons. The van der Waals surface area contributed by atoms with Crippen molar-refractivity contribution in [3.63, 3.8) is 0 Å². The highest BCUT2D eigenvalue weighted by molar-refractivity contribution is 7.92. The zero-order valence-electron chi connectivity index (χ0n) is 11.0. The first-order chi connectivity index (χ1) is 8.85. The fourth-order valence-corrected chi connectivity index (χ4v) is 3.26. The minimum atomic E-state index is -3.34. The number of sulfonamides is 1. The Morgan fingerprint density at radius 1 is 1.26 bits per heavy atom. The Morgan fingerprint density at radius 2 is 1.95 bits per heavy atom. The molecule has 0 aliphatic heterocycles. The lowest BCUT2D eigenvalue weighted by atomic mass is 10.3. The van der Waals surface area contributed by atoms with Crippen molar-refractivity contribution in [2.24, 2.45) is 0 Å². The second kappa shape index (κ2) is 7.22. The summed E-state index contributed by atoms with van der Waals surface area (Å²) < 4.78 is 26.1. The molecular weight excluding hydrogens is 307 g/mol. The second-order valence-electron chi connectivity index (χ2n) is 4.38. The Bertz CT molecular complexity index is 518. The van der Waals surface area contributed by atoms with Gasteiger partial charge in [0.05, 0.1) is 22.2 Å². The van der Waals surface area contributed by atoms with Gasteiger partial charge in [0.15, 0.2) is 0 Å². The second-order valence-corrected chi connectivity index (χ2v) is 7.00. The molecule has 19 heavy (non-hydrogen) atoms. The molecule has 0 heterocycles. The lowest BCUT2D eigenvalue weighted by Gasteiger charge is -2.15. The van der Waals surface area contributed by atoms with Gasteiger partial charge in [-0.1, -0.05) is 11.6 Å². The van der Waals surface area contributed by atoms with Gasteiger partial charge in [-0.3, -0.25) is 4.72 Å². The summed E-state index contributed by atoms with van der Waals surface area (Å²) in [6, 6.07) is 5.08. The van der Waals surface area contributed by atoms with Crippen LogP contribution in [0.4, 0.5) is 11.4 Å². The van der Waals surface area contributed by atoms with Crippen molar-refractivity contribution >= 4 is 44.6 Å². The number of rotatable bonds is 7. The van der Waals surface area contributed by atoms with Gasteiger partial charge in [0, 0.05) is 20.0 Å². The molecule has 1 aromatic carbocycles. The van der Waals surface area contributed by atoms with Crippen LogP contribution >= 0.6 is 23.2 Å². The van der Waals surface area contributed by atoms with Gasteiger partial charge >= 0.3 is 0 Å². The van der Waals surface area contributed by atoms with Crippen LogP contribution in [0.25, 0.3) is 0 Å². The molecule has 7 heteroatoms. The molecule has 1 rings (SSSR count). The molecule has 0 unspecified atom stereocenters. The first-order valence-corrected chi connectivity index (χ1v) is 8.45. The molecule has 0 amide bonds. The van der Waals surface area contributed by atoms with E-state index >= 15 is 0 Å². The minimum absolute atomic E-state index is 0.0623. The van der Waals surface area contributed by atoms with Crippen LogP contribution in [0.1, 0.15) is 12.8 Å². The Labute approximate surface area is 124 Å². The minimum Gasteiger partial charge on any atom is -0.376 e. The van der Waals surface area contributed by atoms with E-state index in [0.29, 0.717) is 29.4 Å². The van der Waals surface area contributed by atoms with E-state index in [1.54, 1.807) is 18.2 Å². The lowest BCUT2D eigenvalue weighted by molar-refractivity contribution is 0.598. The standard InChI is InChI=1S/C12H18Cl2N2O2S/c1-16(2)12-6-5-10(9-11(12)14)15-19(17,18)8-4-3-7-13/h5-6,9,15H,3-4,7-8H2,1-2H3. The molecule has 0 radical (unpaired) electrons. The third-order valence-electron chi connectivity index (χ3n) is 2.50. The van der Waals surface area contributed by atoms with E-state index in [1.165, 1.54) is 0 Å². The van der Waals surface area contributed by atoms with E-state index in [2.05, 4.69) is 4.72 Å². The van der Waals surface area contributed by atoms with Crippen molar-refractivity contribution in [1.82, 2.24) is 0 Å². The number of unbranched alkanes of at least 4 members (excludes halogenated alkanes) is 1. The lowest BCUT2D eigenvalue weighted by Crippen LogP contribution is -2.17. The van der Waals surface area contributed by atoms with Crippen LogP contribution in [0.5, 0.6) is 0 Å². The van der Waals surface area contributed by atoms with Gasteiger partial charge in [0.2, 0.25) is 10.0 Å². The van der Waals surface area contributed by atoms with Crippen molar-refractivity contribution in [2.45, 2.75) is 12.8 Å². The highest BCUT2D eigenvalue weighted by Crippen LogP contribution is 2.27. The predicted molar refractivity (Wildman–Crippen MR) is 83.1 cm³/mol. The van der Waals surface area contributed by atoms with E-state index in [-0.39, 0.29) is 5.75 Å². The van der Waals surface area contributed by atoms with Gasteiger partial charge in [0.25, 0.3) is 0 Å². The average Bonchev–Trinajstić information content (AvgIpc) is 2.28. The number of halogens is 2. The first-order valence-electron chi connectivity index (χ1n) is 5.89. The van der Waals surface area contributed by atoms with Gasteiger partial charge in [-0.2, -0.15) is 0 Å². The monoisotopic (exact) mass is 324 g/mol. The molecule has 0 bridgehead atoms. The summed E-state index contributed by atoms with van der Waals surface area (Å²) >= 11 is 11.6. The van der Waals surface area contributed by atoms with Gasteiger partial charge in [0.1, 0.15) is 0 Å². The molecule has 0 atom stereocenters. The van der Waals surface area contributed by atoms with Crippen LogP contribution in [0.15, 0.2) is 18.2 Å². The van der Waals surface area contributed by atoms with Gasteiger partial charge < -0.3 is 4.90 Å². The highest BCUT2D eigenvalue weighted by atomic mass is 35.5. The zero-order valence-corrected chi connectivity index (χ0v) is 13.3. The van der Waals surface area contributed by atoms with Crippen molar-refractivity contribution in [1.29, 1.82) is 0 Å². The SMILES string of the molecule is CN(C)c1ccc(NS(=O)(=O)CCCCCl)cc1Cl. The number of nitrogens with one attached hydrogen (secondary N) is 1. The average molecular weight is 325 g/mol. The fraction of sp³-hybridized carbons (Fsp3) is 0.500. The van der Waals surface area contributed by atoms with Crippen molar-refractivity contribution in [3.8, 4) is 0 Å². The maximum atomic E-state index is 11.8. The molecule has 1 aromatic rings. The smallest absolute Gasteiger partial charge is 0.232 e. The third kappa shape index (κ3) is 5.47. The summed E-state index contributed by atoms with van der Waals surface area (Å²) in [5.41, 5.74) is 1.31. The number of nitrogens with zero attached hydrogens (tertiary/aromatic N) is 1. The zero-order chi connectivity index (χ0) is 14.5. The Morgan fingerprint density at radius 3 is 2.47 bits per heavy atom. The summed E-state index contributed by atoms with van der Waals surface area (Å²) in [4.78, 5) is 1.86. The van der Waals surface area contributed by atoms with Crippen LogP contribution in [-0.2, 0) is 10.0 Å². The Balaban J connectivity index is 2.74. The van der Waals surface area contributed by atoms with E-state index in [9.17, 15) is 8.42 Å². The fourth-order valence-electron chi connectivity index (χ4n) is 1.55. The van der Waals surface area contributed by atoms with E-state index in [0.717, 1.165) is 5.69 Å². The molecule has 0 aromatic heterocycles. The van der Waals surface area contributed by atoms with E-state index < -0.39 is 10.0 Å². The first kappa shape index (κ1) is 16.4. The predicted octanol–water partition coefficient (Wildman–Crippen LogP) is 3.17. The summed E-state index contributed by atoms with van der Waals surface area (Å²) in [5, 5.41) is 0.506. The molecule has 0 saturated carbocycles. The largest absolute Gasteiger partial charge is 0.376 e. The van der Waals surface area contributed by atoms with Gasteiger partial charge in [-0.25, -0.2) is 8.42 Å². The molecule has 0 saturated heterocycles. The summed E-state index contributed by atoms with van der Waals surface area (Å²) in [5.74, 6) is 0.533. The number of hydrogen-bond donors (Lipinski definition) is 1. The number of benzene rings is 1. The number of hydrogen-bond acceptors (Lipinski definition) is 3. The van der Waals surface area contributed by atoms with Gasteiger partial charge in [-0.15, -0.1) is 11.6 Å². The van der Waals surface area contributed by atoms with Crippen molar-refractivity contribution < 1.29 is 8.42 Å². The quantitative estimate of drug-likeness (QED) is 0.619. The third-order valence-corrected chi connectivity index (χ3v) is 4.44. The highest BCUT2D eigenvalue weighted by Gasteiger charge is 2.11. The van der Waals surface area contributed by atoms with Crippen LogP contribution in [0.2, 0.25) is 5.02 Å². The van der Waals surface area contributed by atoms with E-state index in [1.807, 2.05) is 19.0 Å². The molecular formula is C12H18Cl2N2O2S. The molecule has 1 N–H and O–H groups in total. The van der Waals surface area contributed by atoms with Crippen LogP contribution in [0.3, 0.4) is 0 Å². The molecule has 0 aliphatic carbocycles.